The van der Waals surface area contributed by atoms with E-state index in [4.69, 9.17) is 9.47 Å². The van der Waals surface area contributed by atoms with E-state index in [1.807, 2.05) is 31.2 Å². The predicted molar refractivity (Wildman–Crippen MR) is 96.7 cm³/mol. The van der Waals surface area contributed by atoms with E-state index in [1.165, 1.54) is 10.9 Å². The molecule has 4 rings (SSSR count). The first-order valence-electron chi connectivity index (χ1n) is 8.44. The lowest BCUT2D eigenvalue weighted by Gasteiger charge is -2.11. The molecule has 1 aromatic heterocycles. The van der Waals surface area contributed by atoms with Crippen molar-refractivity contribution in [3.8, 4) is 11.5 Å². The highest BCUT2D eigenvalue weighted by Gasteiger charge is 2.18. The van der Waals surface area contributed by atoms with Crippen LogP contribution in [0.3, 0.4) is 0 Å². The largest absolute Gasteiger partial charge is 0.454 e. The van der Waals surface area contributed by atoms with E-state index in [0.29, 0.717) is 22.7 Å². The zero-order chi connectivity index (χ0) is 18.8. The fourth-order valence-electron chi connectivity index (χ4n) is 2.73. The van der Waals surface area contributed by atoms with Crippen LogP contribution in [0.25, 0.3) is 0 Å². The highest BCUT2D eigenvalue weighted by molar-refractivity contribution is 6.02. The smallest absolute Gasteiger partial charge is 0.277 e. The van der Waals surface area contributed by atoms with Gasteiger partial charge in [-0.15, -0.1) is 5.10 Å². The van der Waals surface area contributed by atoms with Crippen molar-refractivity contribution in [2.24, 2.45) is 0 Å². The van der Waals surface area contributed by atoms with Crippen molar-refractivity contribution in [1.29, 1.82) is 0 Å². The van der Waals surface area contributed by atoms with Crippen molar-refractivity contribution >= 4 is 11.6 Å². The van der Waals surface area contributed by atoms with Crippen molar-refractivity contribution in [2.45, 2.75) is 19.6 Å². The summed E-state index contributed by atoms with van der Waals surface area (Å²) >= 11 is 0. The fourth-order valence-corrected chi connectivity index (χ4v) is 2.73. The highest BCUT2D eigenvalue weighted by atomic mass is 16.7. The average molecular weight is 366 g/mol. The number of aliphatic hydroxyl groups is 1. The second-order valence-electron chi connectivity index (χ2n) is 6.27. The third-order valence-electron chi connectivity index (χ3n) is 4.22. The van der Waals surface area contributed by atoms with Gasteiger partial charge in [0.25, 0.3) is 5.91 Å². The molecular formula is C19H18N4O4. The summed E-state index contributed by atoms with van der Waals surface area (Å²) in [4.78, 5) is 12.3. The number of fused-ring (bicyclic) bond motifs is 1. The Morgan fingerprint density at radius 3 is 2.81 bits per heavy atom. The van der Waals surface area contributed by atoms with Gasteiger partial charge in [0.05, 0.1) is 18.8 Å². The standard InChI is InChI=1S/C19H18N4O4/c1-12-2-5-14(6-3-12)20-19(25)15-9-23(22-21-15)10-16(24)13-4-7-17-18(8-13)27-11-26-17/h2-9,16,24H,10-11H2,1H3,(H,20,25)/t16-/m1/s1. The van der Waals surface area contributed by atoms with Gasteiger partial charge in [-0.1, -0.05) is 29.0 Å². The van der Waals surface area contributed by atoms with E-state index < -0.39 is 6.10 Å². The Kier molecular flexibility index (Phi) is 4.47. The Bertz CT molecular complexity index is 968. The lowest BCUT2D eigenvalue weighted by atomic mass is 10.1. The Labute approximate surface area is 155 Å². The number of anilines is 1. The number of nitrogens with one attached hydrogen (secondary N) is 1. The molecule has 1 atom stereocenters. The molecule has 138 valence electrons. The molecule has 8 nitrogen and oxygen atoms in total. The molecule has 0 saturated carbocycles. The van der Waals surface area contributed by atoms with Gasteiger partial charge in [0.2, 0.25) is 6.79 Å². The summed E-state index contributed by atoms with van der Waals surface area (Å²) < 4.78 is 12.0. The van der Waals surface area contributed by atoms with Crippen LogP contribution < -0.4 is 14.8 Å². The summed E-state index contributed by atoms with van der Waals surface area (Å²) in [5.74, 6) is 0.896. The van der Waals surface area contributed by atoms with Crippen LogP contribution in [0.15, 0.2) is 48.7 Å². The molecule has 0 saturated heterocycles. The van der Waals surface area contributed by atoms with E-state index in [0.717, 1.165) is 5.56 Å². The number of carbonyl (C=O) groups excluding carboxylic acids is 1. The second-order valence-corrected chi connectivity index (χ2v) is 6.27. The van der Waals surface area contributed by atoms with Crippen LogP contribution in [-0.4, -0.2) is 32.8 Å². The van der Waals surface area contributed by atoms with Gasteiger partial charge in [-0.05, 0) is 36.8 Å². The summed E-state index contributed by atoms with van der Waals surface area (Å²) in [6.45, 7) is 2.31. The highest BCUT2D eigenvalue weighted by Crippen LogP contribution is 2.34. The molecule has 0 unspecified atom stereocenters. The molecule has 2 N–H and O–H groups in total. The van der Waals surface area contributed by atoms with Gasteiger partial charge in [0.15, 0.2) is 17.2 Å². The van der Waals surface area contributed by atoms with Gasteiger partial charge < -0.3 is 19.9 Å². The number of ether oxygens (including phenoxy) is 2. The summed E-state index contributed by atoms with van der Waals surface area (Å²) in [5.41, 5.74) is 2.63. The Morgan fingerprint density at radius 2 is 2.00 bits per heavy atom. The minimum atomic E-state index is -0.825. The maximum Gasteiger partial charge on any atom is 0.277 e. The van der Waals surface area contributed by atoms with Crippen molar-refractivity contribution < 1.29 is 19.4 Å². The average Bonchev–Trinajstić information content (AvgIpc) is 3.32. The Balaban J connectivity index is 1.41. The molecule has 2 aromatic carbocycles. The molecule has 1 aliphatic rings. The Morgan fingerprint density at radius 1 is 1.22 bits per heavy atom. The molecule has 0 fully saturated rings. The van der Waals surface area contributed by atoms with Crippen LogP contribution >= 0.6 is 0 Å². The molecule has 0 spiro atoms. The zero-order valence-electron chi connectivity index (χ0n) is 14.6. The predicted octanol–water partition coefficient (Wildman–Crippen LogP) is 2.30. The number of benzene rings is 2. The summed E-state index contributed by atoms with van der Waals surface area (Å²) in [7, 11) is 0. The van der Waals surface area contributed by atoms with Crippen LogP contribution in [-0.2, 0) is 6.54 Å². The fraction of sp³-hybridized carbons (Fsp3) is 0.211. The molecule has 0 bridgehead atoms. The maximum atomic E-state index is 12.3. The zero-order valence-corrected chi connectivity index (χ0v) is 14.6. The summed E-state index contributed by atoms with van der Waals surface area (Å²) in [6, 6.07) is 12.7. The van der Waals surface area contributed by atoms with Crippen molar-refractivity contribution in [2.75, 3.05) is 12.1 Å². The number of amides is 1. The number of carbonyl (C=O) groups is 1. The maximum absolute atomic E-state index is 12.3. The minimum absolute atomic E-state index is 0.157. The molecule has 3 aromatic rings. The van der Waals surface area contributed by atoms with E-state index in [9.17, 15) is 9.90 Å². The number of nitrogens with zero attached hydrogens (tertiary/aromatic N) is 3. The minimum Gasteiger partial charge on any atom is -0.454 e. The molecule has 0 aliphatic carbocycles. The van der Waals surface area contributed by atoms with E-state index >= 15 is 0 Å². The van der Waals surface area contributed by atoms with E-state index in [-0.39, 0.29) is 24.9 Å². The van der Waals surface area contributed by atoms with Crippen molar-refractivity contribution in [3.63, 3.8) is 0 Å². The normalized spacial score (nSPS) is 13.4. The molecule has 1 amide bonds. The molecule has 8 heteroatoms. The SMILES string of the molecule is Cc1ccc(NC(=O)c2cn(C[C@@H](O)c3ccc4c(c3)OCO4)nn2)cc1. The van der Waals surface area contributed by atoms with Crippen molar-refractivity contribution in [1.82, 2.24) is 15.0 Å². The molecule has 1 aliphatic heterocycles. The quantitative estimate of drug-likeness (QED) is 0.719. The van der Waals surface area contributed by atoms with Crippen LogP contribution in [0.1, 0.15) is 27.7 Å². The number of hydrogen-bond acceptors (Lipinski definition) is 6. The van der Waals surface area contributed by atoms with Gasteiger partial charge in [0, 0.05) is 5.69 Å². The molecule has 27 heavy (non-hydrogen) atoms. The summed E-state index contributed by atoms with van der Waals surface area (Å²) in [6.07, 6.45) is 0.675. The Hall–Kier alpha value is -3.39. The van der Waals surface area contributed by atoms with Gasteiger partial charge in [0.1, 0.15) is 0 Å². The molecule has 0 radical (unpaired) electrons. The van der Waals surface area contributed by atoms with Gasteiger partial charge in [-0.25, -0.2) is 4.68 Å². The number of rotatable bonds is 5. The number of hydrogen-bond donors (Lipinski definition) is 2. The van der Waals surface area contributed by atoms with E-state index in [2.05, 4.69) is 15.6 Å². The lowest BCUT2D eigenvalue weighted by Crippen LogP contribution is -2.12. The van der Waals surface area contributed by atoms with Gasteiger partial charge in [-0.3, -0.25) is 4.79 Å². The van der Waals surface area contributed by atoms with Crippen LogP contribution in [0.5, 0.6) is 11.5 Å². The molecular weight excluding hydrogens is 348 g/mol. The first kappa shape index (κ1) is 17.0. The molecule has 2 heterocycles. The third kappa shape index (κ3) is 3.75. The van der Waals surface area contributed by atoms with Crippen LogP contribution in [0, 0.1) is 6.92 Å². The van der Waals surface area contributed by atoms with Gasteiger partial charge in [-0.2, -0.15) is 0 Å². The van der Waals surface area contributed by atoms with Gasteiger partial charge >= 0.3 is 0 Å². The van der Waals surface area contributed by atoms with Crippen molar-refractivity contribution in [3.05, 3.63) is 65.5 Å². The summed E-state index contributed by atoms with van der Waals surface area (Å²) in [5, 5.41) is 21.0. The monoisotopic (exact) mass is 366 g/mol. The number of aromatic nitrogens is 3. The number of aliphatic hydroxyl groups excluding tert-OH is 1. The first-order chi connectivity index (χ1) is 13.1. The van der Waals surface area contributed by atoms with Crippen LogP contribution in [0.4, 0.5) is 5.69 Å². The van der Waals surface area contributed by atoms with E-state index in [1.54, 1.807) is 18.2 Å². The number of aryl methyl sites for hydroxylation is 1. The second kappa shape index (κ2) is 7.08. The first-order valence-corrected chi connectivity index (χ1v) is 8.44. The lowest BCUT2D eigenvalue weighted by molar-refractivity contribution is 0.102. The third-order valence-corrected chi connectivity index (χ3v) is 4.22. The topological polar surface area (TPSA) is 98.5 Å². The van der Waals surface area contributed by atoms with Crippen LogP contribution in [0.2, 0.25) is 0 Å².